The van der Waals surface area contributed by atoms with Crippen LogP contribution in [0.1, 0.15) is 13.8 Å². The molecule has 0 fully saturated rings. The number of pyridine rings is 1. The average Bonchev–Trinajstić information content (AvgIpc) is 2.02. The Morgan fingerprint density at radius 1 is 1.55 bits per heavy atom. The maximum atomic E-state index is 12.4. The monoisotopic (exact) mass is 220 g/mol. The molecule has 0 aromatic carbocycles. The molecule has 0 spiro atoms. The van der Waals surface area contributed by atoms with Crippen molar-refractivity contribution in [1.29, 1.82) is 0 Å². The molecule has 0 amide bonds. The van der Waals surface area contributed by atoms with Crippen molar-refractivity contribution < 1.29 is 4.39 Å². The van der Waals surface area contributed by atoms with E-state index in [0.29, 0.717) is 4.47 Å². The quantitative estimate of drug-likeness (QED) is 0.731. The van der Waals surface area contributed by atoms with Crippen LogP contribution in [0.25, 0.3) is 0 Å². The largest absolute Gasteiger partial charge is 0.384 e. The molecule has 4 heteroatoms. The van der Waals surface area contributed by atoms with Gasteiger partial charge in [0, 0.05) is 12.3 Å². The molecule has 0 saturated carbocycles. The summed E-state index contributed by atoms with van der Waals surface area (Å²) in [7, 11) is 0. The SMILES string of the molecule is CC.Nc1cc(F)c(Br)cn1. The zero-order valence-electron chi connectivity index (χ0n) is 6.44. The zero-order chi connectivity index (χ0) is 8.85. The summed E-state index contributed by atoms with van der Waals surface area (Å²) in [6.45, 7) is 4.00. The van der Waals surface area contributed by atoms with Crippen molar-refractivity contribution in [3.63, 3.8) is 0 Å². The van der Waals surface area contributed by atoms with Gasteiger partial charge in [0.15, 0.2) is 0 Å². The summed E-state index contributed by atoms with van der Waals surface area (Å²) in [6.07, 6.45) is 1.32. The van der Waals surface area contributed by atoms with Gasteiger partial charge < -0.3 is 5.73 Å². The minimum atomic E-state index is -0.387. The van der Waals surface area contributed by atoms with E-state index in [1.807, 2.05) is 13.8 Å². The first-order valence-electron chi connectivity index (χ1n) is 3.26. The highest BCUT2D eigenvalue weighted by Crippen LogP contribution is 2.14. The third-order valence-corrected chi connectivity index (χ3v) is 1.41. The van der Waals surface area contributed by atoms with Gasteiger partial charge in [0.05, 0.1) is 4.47 Å². The number of anilines is 1. The van der Waals surface area contributed by atoms with Gasteiger partial charge in [-0.05, 0) is 15.9 Å². The number of hydrogen-bond donors (Lipinski definition) is 1. The standard InChI is InChI=1S/C5H4BrFN2.C2H6/c6-3-2-9-5(8)1-4(3)7;1-2/h1-2H,(H2,8,9);1-2H3. The molecule has 0 aliphatic heterocycles. The van der Waals surface area contributed by atoms with E-state index in [0.717, 1.165) is 6.07 Å². The lowest BCUT2D eigenvalue weighted by Crippen LogP contribution is -1.90. The lowest BCUT2D eigenvalue weighted by atomic mass is 10.4. The van der Waals surface area contributed by atoms with Crippen LogP contribution in [0.5, 0.6) is 0 Å². The van der Waals surface area contributed by atoms with E-state index in [1.165, 1.54) is 6.20 Å². The van der Waals surface area contributed by atoms with E-state index in [4.69, 9.17) is 5.73 Å². The molecule has 62 valence electrons. The molecular formula is C7H10BrFN2. The van der Waals surface area contributed by atoms with Gasteiger partial charge in [0.25, 0.3) is 0 Å². The van der Waals surface area contributed by atoms with E-state index < -0.39 is 0 Å². The van der Waals surface area contributed by atoms with E-state index in [9.17, 15) is 4.39 Å². The fraction of sp³-hybridized carbons (Fsp3) is 0.286. The molecule has 0 unspecified atom stereocenters. The smallest absolute Gasteiger partial charge is 0.142 e. The summed E-state index contributed by atoms with van der Waals surface area (Å²) in [5.74, 6) is -0.196. The molecule has 0 aliphatic rings. The third-order valence-electron chi connectivity index (χ3n) is 0.830. The highest BCUT2D eigenvalue weighted by molar-refractivity contribution is 9.10. The Morgan fingerprint density at radius 2 is 2.09 bits per heavy atom. The number of nitrogens with two attached hydrogens (primary N) is 1. The van der Waals surface area contributed by atoms with Gasteiger partial charge in [-0.2, -0.15) is 0 Å². The van der Waals surface area contributed by atoms with Gasteiger partial charge >= 0.3 is 0 Å². The van der Waals surface area contributed by atoms with Crippen molar-refractivity contribution in [2.24, 2.45) is 0 Å². The first-order chi connectivity index (χ1) is 5.20. The Labute approximate surface area is 73.8 Å². The highest BCUT2D eigenvalue weighted by atomic mass is 79.9. The van der Waals surface area contributed by atoms with Crippen LogP contribution in [0, 0.1) is 5.82 Å². The van der Waals surface area contributed by atoms with E-state index >= 15 is 0 Å². The first-order valence-corrected chi connectivity index (χ1v) is 4.06. The van der Waals surface area contributed by atoms with E-state index in [-0.39, 0.29) is 11.6 Å². The van der Waals surface area contributed by atoms with Crippen LogP contribution in [0.15, 0.2) is 16.7 Å². The molecule has 1 rings (SSSR count). The lowest BCUT2D eigenvalue weighted by Gasteiger charge is -1.92. The predicted octanol–water partition coefficient (Wildman–Crippen LogP) is 2.59. The van der Waals surface area contributed by atoms with Crippen LogP contribution in [0.2, 0.25) is 0 Å². The Morgan fingerprint density at radius 3 is 2.45 bits per heavy atom. The van der Waals surface area contributed by atoms with Crippen molar-refractivity contribution in [3.8, 4) is 0 Å². The predicted molar refractivity (Wildman–Crippen MR) is 47.7 cm³/mol. The van der Waals surface area contributed by atoms with Crippen molar-refractivity contribution in [1.82, 2.24) is 4.98 Å². The molecule has 11 heavy (non-hydrogen) atoms. The maximum absolute atomic E-state index is 12.4. The average molecular weight is 221 g/mol. The molecule has 0 aliphatic carbocycles. The molecule has 0 saturated heterocycles. The number of halogens is 2. The van der Waals surface area contributed by atoms with Gasteiger partial charge in [-0.1, -0.05) is 13.8 Å². The Bertz CT molecular complexity index is 228. The van der Waals surface area contributed by atoms with E-state index in [1.54, 1.807) is 0 Å². The molecule has 2 N–H and O–H groups in total. The molecule has 2 nitrogen and oxygen atoms in total. The van der Waals surface area contributed by atoms with Crippen molar-refractivity contribution in [3.05, 3.63) is 22.6 Å². The zero-order valence-corrected chi connectivity index (χ0v) is 8.02. The third kappa shape index (κ3) is 3.32. The second-order valence-corrected chi connectivity index (χ2v) is 2.38. The molecule has 1 heterocycles. The van der Waals surface area contributed by atoms with Crippen LogP contribution in [0.4, 0.5) is 10.2 Å². The number of nitrogen functional groups attached to an aromatic ring is 1. The summed E-state index contributed by atoms with van der Waals surface area (Å²) < 4.78 is 12.7. The molecule has 0 bridgehead atoms. The summed E-state index contributed by atoms with van der Waals surface area (Å²) in [4.78, 5) is 3.63. The molecular weight excluding hydrogens is 211 g/mol. The Kier molecular flexibility index (Phi) is 4.77. The van der Waals surface area contributed by atoms with Crippen molar-refractivity contribution in [2.75, 3.05) is 5.73 Å². The second kappa shape index (κ2) is 5.07. The van der Waals surface area contributed by atoms with Crippen LogP contribution in [-0.2, 0) is 0 Å². The van der Waals surface area contributed by atoms with Crippen molar-refractivity contribution >= 4 is 21.7 Å². The van der Waals surface area contributed by atoms with Gasteiger partial charge in [-0.25, -0.2) is 9.37 Å². The fourth-order valence-electron chi connectivity index (χ4n) is 0.429. The van der Waals surface area contributed by atoms with Crippen LogP contribution in [0.3, 0.4) is 0 Å². The summed E-state index contributed by atoms with van der Waals surface area (Å²) in [6, 6.07) is 1.16. The van der Waals surface area contributed by atoms with Gasteiger partial charge in [0.1, 0.15) is 11.6 Å². The lowest BCUT2D eigenvalue weighted by molar-refractivity contribution is 0.619. The summed E-state index contributed by atoms with van der Waals surface area (Å²) in [5.41, 5.74) is 5.16. The van der Waals surface area contributed by atoms with Gasteiger partial charge in [-0.3, -0.25) is 0 Å². The van der Waals surface area contributed by atoms with Gasteiger partial charge in [0.2, 0.25) is 0 Å². The topological polar surface area (TPSA) is 38.9 Å². The minimum Gasteiger partial charge on any atom is -0.384 e. The van der Waals surface area contributed by atoms with Crippen molar-refractivity contribution in [2.45, 2.75) is 13.8 Å². The molecule has 1 aromatic rings. The van der Waals surface area contributed by atoms with Crippen LogP contribution < -0.4 is 5.73 Å². The Hall–Kier alpha value is -0.640. The molecule has 0 radical (unpaired) electrons. The highest BCUT2D eigenvalue weighted by Gasteiger charge is 1.96. The normalized spacial score (nSPS) is 8.36. The summed E-state index contributed by atoms with van der Waals surface area (Å²) >= 11 is 2.94. The van der Waals surface area contributed by atoms with Crippen LogP contribution >= 0.6 is 15.9 Å². The first kappa shape index (κ1) is 10.4. The number of nitrogens with zero attached hydrogens (tertiary/aromatic N) is 1. The maximum Gasteiger partial charge on any atom is 0.142 e. The fourth-order valence-corrected chi connectivity index (χ4v) is 0.646. The second-order valence-electron chi connectivity index (χ2n) is 1.52. The number of aromatic nitrogens is 1. The van der Waals surface area contributed by atoms with E-state index in [2.05, 4.69) is 20.9 Å². The minimum absolute atomic E-state index is 0.190. The summed E-state index contributed by atoms with van der Waals surface area (Å²) in [5, 5.41) is 0. The number of hydrogen-bond acceptors (Lipinski definition) is 2. The Balaban J connectivity index is 0.000000461. The molecule has 1 aromatic heterocycles. The van der Waals surface area contributed by atoms with Crippen LogP contribution in [-0.4, -0.2) is 4.98 Å². The van der Waals surface area contributed by atoms with Gasteiger partial charge in [-0.15, -0.1) is 0 Å². The molecule has 0 atom stereocenters. The number of rotatable bonds is 0.